The molecule has 2 aromatic carbocycles. The number of benzene rings is 2. The highest BCUT2D eigenvalue weighted by Crippen LogP contribution is 2.31. The van der Waals surface area contributed by atoms with Gasteiger partial charge >= 0.3 is 0 Å². The third-order valence-corrected chi connectivity index (χ3v) is 4.56. The first kappa shape index (κ1) is 21.1. The van der Waals surface area contributed by atoms with E-state index in [0.29, 0.717) is 25.3 Å². The standard InChI is InChI=1S/C21H26N2O3.ClH/c1-3-13-26-17-8-6-7-16(14-17)21(24)23-12-11-22-15-19(23)18-9-4-5-10-20(18)25-2;/h4-10,14,19,22H,3,11-13,15H2,1-2H3;1H. The summed E-state index contributed by atoms with van der Waals surface area (Å²) in [7, 11) is 1.66. The molecule has 0 radical (unpaired) electrons. The number of carbonyl (C=O) groups excluding carboxylic acids is 1. The summed E-state index contributed by atoms with van der Waals surface area (Å²) in [6, 6.07) is 15.3. The van der Waals surface area contributed by atoms with E-state index in [4.69, 9.17) is 9.47 Å². The van der Waals surface area contributed by atoms with Gasteiger partial charge in [0.05, 0.1) is 19.8 Å². The molecule has 1 atom stereocenters. The summed E-state index contributed by atoms with van der Waals surface area (Å²) in [6.07, 6.45) is 0.936. The molecule has 1 amide bonds. The van der Waals surface area contributed by atoms with Crippen LogP contribution in [0.2, 0.25) is 0 Å². The lowest BCUT2D eigenvalue weighted by atomic mass is 10.0. The Balaban J connectivity index is 0.00000261. The monoisotopic (exact) mass is 390 g/mol. The first-order valence-corrected chi connectivity index (χ1v) is 9.12. The van der Waals surface area contributed by atoms with Crippen molar-refractivity contribution in [1.29, 1.82) is 0 Å². The normalized spacial score (nSPS) is 16.4. The van der Waals surface area contributed by atoms with E-state index in [1.54, 1.807) is 7.11 Å². The maximum Gasteiger partial charge on any atom is 0.254 e. The van der Waals surface area contributed by atoms with Crippen LogP contribution >= 0.6 is 12.4 Å². The van der Waals surface area contributed by atoms with Crippen LogP contribution in [-0.4, -0.2) is 44.2 Å². The zero-order valence-corrected chi connectivity index (χ0v) is 16.6. The Morgan fingerprint density at radius 1 is 1.22 bits per heavy atom. The third kappa shape index (κ3) is 4.93. The number of nitrogens with one attached hydrogen (secondary N) is 1. The Morgan fingerprint density at radius 2 is 2.04 bits per heavy atom. The molecule has 6 heteroatoms. The van der Waals surface area contributed by atoms with Gasteiger partial charge in [-0.1, -0.05) is 31.2 Å². The van der Waals surface area contributed by atoms with Crippen LogP contribution in [0.5, 0.6) is 11.5 Å². The van der Waals surface area contributed by atoms with Crippen molar-refractivity contribution in [2.45, 2.75) is 19.4 Å². The summed E-state index contributed by atoms with van der Waals surface area (Å²) in [4.78, 5) is 15.1. The predicted octanol–water partition coefficient (Wildman–Crippen LogP) is 3.69. The SMILES string of the molecule is CCCOc1cccc(C(=O)N2CCNCC2c2ccccc2OC)c1.Cl. The van der Waals surface area contributed by atoms with Crippen LogP contribution in [-0.2, 0) is 0 Å². The van der Waals surface area contributed by atoms with Crippen LogP contribution in [0, 0.1) is 0 Å². The molecule has 0 bridgehead atoms. The van der Waals surface area contributed by atoms with E-state index in [-0.39, 0.29) is 24.4 Å². The Bertz CT molecular complexity index is 754. The second kappa shape index (κ2) is 10.2. The van der Waals surface area contributed by atoms with Crippen molar-refractivity contribution in [3.63, 3.8) is 0 Å². The molecule has 1 N–H and O–H groups in total. The lowest BCUT2D eigenvalue weighted by Gasteiger charge is -2.37. The largest absolute Gasteiger partial charge is 0.496 e. The number of amides is 1. The van der Waals surface area contributed by atoms with Crippen LogP contribution in [0.25, 0.3) is 0 Å². The summed E-state index contributed by atoms with van der Waals surface area (Å²) < 4.78 is 11.2. The van der Waals surface area contributed by atoms with Crippen LogP contribution in [0.4, 0.5) is 0 Å². The minimum absolute atomic E-state index is 0. The van der Waals surface area contributed by atoms with Gasteiger partial charge < -0.3 is 19.7 Å². The molecule has 2 aromatic rings. The Labute approximate surface area is 167 Å². The molecular weight excluding hydrogens is 364 g/mol. The molecule has 1 aliphatic heterocycles. The smallest absolute Gasteiger partial charge is 0.254 e. The number of nitrogens with zero attached hydrogens (tertiary/aromatic N) is 1. The summed E-state index contributed by atoms with van der Waals surface area (Å²) in [6.45, 7) is 4.85. The van der Waals surface area contributed by atoms with Gasteiger partial charge in [0.2, 0.25) is 0 Å². The number of carbonyl (C=O) groups is 1. The minimum atomic E-state index is -0.0624. The average molecular weight is 391 g/mol. The Kier molecular flexibility index (Phi) is 7.95. The van der Waals surface area contributed by atoms with Crippen LogP contribution in [0.15, 0.2) is 48.5 Å². The van der Waals surface area contributed by atoms with Gasteiger partial charge in [-0.25, -0.2) is 0 Å². The molecule has 146 valence electrons. The first-order valence-electron chi connectivity index (χ1n) is 9.12. The highest BCUT2D eigenvalue weighted by Gasteiger charge is 2.30. The van der Waals surface area contributed by atoms with Gasteiger partial charge in [-0.2, -0.15) is 0 Å². The molecule has 1 aliphatic rings. The van der Waals surface area contributed by atoms with Crippen molar-refractivity contribution in [3.8, 4) is 11.5 Å². The van der Waals surface area contributed by atoms with Crippen molar-refractivity contribution in [3.05, 3.63) is 59.7 Å². The molecule has 0 spiro atoms. The molecule has 1 saturated heterocycles. The molecule has 27 heavy (non-hydrogen) atoms. The zero-order valence-electron chi connectivity index (χ0n) is 15.8. The second-order valence-electron chi connectivity index (χ2n) is 6.34. The van der Waals surface area contributed by atoms with E-state index < -0.39 is 0 Å². The number of para-hydroxylation sites is 1. The van der Waals surface area contributed by atoms with E-state index in [1.165, 1.54) is 0 Å². The number of halogens is 1. The van der Waals surface area contributed by atoms with Gasteiger partial charge in [0.15, 0.2) is 0 Å². The van der Waals surface area contributed by atoms with E-state index in [0.717, 1.165) is 30.0 Å². The molecule has 0 aromatic heterocycles. The molecule has 1 heterocycles. The zero-order chi connectivity index (χ0) is 18.4. The first-order chi connectivity index (χ1) is 12.7. The van der Waals surface area contributed by atoms with Crippen molar-refractivity contribution in [2.24, 2.45) is 0 Å². The number of methoxy groups -OCH3 is 1. The molecule has 5 nitrogen and oxygen atoms in total. The minimum Gasteiger partial charge on any atom is -0.496 e. The van der Waals surface area contributed by atoms with Gasteiger partial charge in [-0.05, 0) is 30.7 Å². The van der Waals surface area contributed by atoms with Gasteiger partial charge in [0.25, 0.3) is 5.91 Å². The highest BCUT2D eigenvalue weighted by atomic mass is 35.5. The van der Waals surface area contributed by atoms with Crippen molar-refractivity contribution in [1.82, 2.24) is 10.2 Å². The second-order valence-corrected chi connectivity index (χ2v) is 6.34. The topological polar surface area (TPSA) is 50.8 Å². The summed E-state index contributed by atoms with van der Waals surface area (Å²) >= 11 is 0. The number of piperazine rings is 1. The molecule has 0 aliphatic carbocycles. The Hall–Kier alpha value is -2.24. The fourth-order valence-electron chi connectivity index (χ4n) is 3.27. The van der Waals surface area contributed by atoms with E-state index in [9.17, 15) is 4.79 Å². The number of hydrogen-bond donors (Lipinski definition) is 1. The maximum atomic E-state index is 13.2. The van der Waals surface area contributed by atoms with Crippen LogP contribution < -0.4 is 14.8 Å². The highest BCUT2D eigenvalue weighted by molar-refractivity contribution is 5.95. The summed E-state index contributed by atoms with van der Waals surface area (Å²) in [5.41, 5.74) is 1.68. The average Bonchev–Trinajstić information content (AvgIpc) is 2.72. The number of rotatable bonds is 6. The van der Waals surface area contributed by atoms with Crippen molar-refractivity contribution >= 4 is 18.3 Å². The van der Waals surface area contributed by atoms with Gasteiger partial charge in [0.1, 0.15) is 11.5 Å². The quantitative estimate of drug-likeness (QED) is 0.817. The fourth-order valence-corrected chi connectivity index (χ4v) is 3.27. The van der Waals surface area contributed by atoms with Crippen LogP contribution in [0.1, 0.15) is 35.3 Å². The van der Waals surface area contributed by atoms with Gasteiger partial charge in [0, 0.05) is 30.8 Å². The predicted molar refractivity (Wildman–Crippen MR) is 109 cm³/mol. The molecule has 1 fully saturated rings. The van der Waals surface area contributed by atoms with Gasteiger partial charge in [-0.15, -0.1) is 12.4 Å². The van der Waals surface area contributed by atoms with E-state index in [1.807, 2.05) is 53.4 Å². The molecule has 3 rings (SSSR count). The molecule has 1 unspecified atom stereocenters. The molecular formula is C21H27ClN2O3. The fraction of sp³-hybridized carbons (Fsp3) is 0.381. The summed E-state index contributed by atoms with van der Waals surface area (Å²) in [5.74, 6) is 1.56. The van der Waals surface area contributed by atoms with Gasteiger partial charge in [-0.3, -0.25) is 4.79 Å². The maximum absolute atomic E-state index is 13.2. The van der Waals surface area contributed by atoms with E-state index >= 15 is 0 Å². The van der Waals surface area contributed by atoms with Crippen molar-refractivity contribution < 1.29 is 14.3 Å². The molecule has 0 saturated carbocycles. The number of hydrogen-bond acceptors (Lipinski definition) is 4. The Morgan fingerprint density at radius 3 is 2.81 bits per heavy atom. The van der Waals surface area contributed by atoms with Crippen molar-refractivity contribution in [2.75, 3.05) is 33.4 Å². The lowest BCUT2D eigenvalue weighted by Crippen LogP contribution is -2.48. The third-order valence-electron chi connectivity index (χ3n) is 4.56. The number of ether oxygens (including phenoxy) is 2. The van der Waals surface area contributed by atoms with Crippen LogP contribution in [0.3, 0.4) is 0 Å². The van der Waals surface area contributed by atoms with E-state index in [2.05, 4.69) is 12.2 Å². The lowest BCUT2D eigenvalue weighted by molar-refractivity contribution is 0.0631. The summed E-state index contributed by atoms with van der Waals surface area (Å²) in [5, 5.41) is 3.39.